The smallest absolute Gasteiger partial charge is 0.185 e. The van der Waals surface area contributed by atoms with E-state index in [1.165, 1.54) is 5.56 Å². The molecule has 3 nitrogen and oxygen atoms in total. The lowest BCUT2D eigenvalue weighted by Crippen LogP contribution is -1.93. The van der Waals surface area contributed by atoms with Gasteiger partial charge in [-0.3, -0.25) is 4.79 Å². The number of hydrogen-bond donors (Lipinski definition) is 0. The Labute approximate surface area is 178 Å². The molecule has 0 atom stereocenters. The molecule has 0 N–H and O–H groups in total. The zero-order valence-electron chi connectivity index (χ0n) is 15.9. The van der Waals surface area contributed by atoms with Crippen LogP contribution < -0.4 is 0 Å². The van der Waals surface area contributed by atoms with Crippen molar-refractivity contribution in [1.82, 2.24) is 9.78 Å². The number of aromatic nitrogens is 2. The van der Waals surface area contributed by atoms with Gasteiger partial charge in [0, 0.05) is 27.4 Å². The van der Waals surface area contributed by atoms with Gasteiger partial charge in [0.2, 0.25) is 0 Å². The minimum absolute atomic E-state index is 0.0418. The Balaban J connectivity index is 1.72. The van der Waals surface area contributed by atoms with Crippen molar-refractivity contribution in [2.75, 3.05) is 0 Å². The van der Waals surface area contributed by atoms with Crippen molar-refractivity contribution >= 4 is 27.8 Å². The third-order valence-electron chi connectivity index (χ3n) is 4.63. The van der Waals surface area contributed by atoms with E-state index in [1.54, 1.807) is 6.08 Å². The van der Waals surface area contributed by atoms with Gasteiger partial charge in [0.25, 0.3) is 0 Å². The highest BCUT2D eigenvalue weighted by atomic mass is 79.9. The molecule has 0 spiro atoms. The summed E-state index contributed by atoms with van der Waals surface area (Å²) in [7, 11) is 0. The van der Waals surface area contributed by atoms with Crippen molar-refractivity contribution in [1.29, 1.82) is 0 Å². The second kappa shape index (κ2) is 8.41. The Hall–Kier alpha value is -3.24. The molecular formula is C25H19BrN2O. The van der Waals surface area contributed by atoms with Gasteiger partial charge in [0.05, 0.1) is 11.4 Å². The normalized spacial score (nSPS) is 11.1. The van der Waals surface area contributed by atoms with Gasteiger partial charge in [-0.25, -0.2) is 4.68 Å². The third-order valence-corrected chi connectivity index (χ3v) is 5.16. The van der Waals surface area contributed by atoms with Crippen LogP contribution in [0.4, 0.5) is 0 Å². The first-order valence-electron chi connectivity index (χ1n) is 9.30. The van der Waals surface area contributed by atoms with Gasteiger partial charge in [-0.15, -0.1) is 0 Å². The van der Waals surface area contributed by atoms with Crippen molar-refractivity contribution < 1.29 is 4.79 Å². The van der Waals surface area contributed by atoms with Crippen molar-refractivity contribution in [3.05, 3.63) is 112 Å². The number of benzene rings is 3. The molecule has 0 aliphatic heterocycles. The number of rotatable bonds is 5. The minimum Gasteiger partial charge on any atom is -0.289 e. The summed E-state index contributed by atoms with van der Waals surface area (Å²) in [6.45, 7) is 2.06. The topological polar surface area (TPSA) is 34.9 Å². The monoisotopic (exact) mass is 442 g/mol. The predicted octanol–water partition coefficient (Wildman–Crippen LogP) is 6.51. The molecule has 0 aliphatic carbocycles. The molecule has 142 valence electrons. The van der Waals surface area contributed by atoms with Crippen LogP contribution in [0.3, 0.4) is 0 Å². The van der Waals surface area contributed by atoms with Gasteiger partial charge in [-0.1, -0.05) is 64.0 Å². The Kier molecular flexibility index (Phi) is 5.54. The van der Waals surface area contributed by atoms with E-state index in [-0.39, 0.29) is 5.78 Å². The lowest BCUT2D eigenvalue weighted by molar-refractivity contribution is 0.104. The SMILES string of the molecule is Cc1ccc(-c2nn(-c3ccccc3)cc2C=CC(=O)c2ccc(Br)cc2)cc1. The Morgan fingerprint density at radius 2 is 1.62 bits per heavy atom. The van der Waals surface area contributed by atoms with Gasteiger partial charge in [-0.2, -0.15) is 5.10 Å². The molecule has 0 fully saturated rings. The molecule has 0 amide bonds. The average molecular weight is 443 g/mol. The molecule has 0 bridgehead atoms. The van der Waals surface area contributed by atoms with E-state index in [2.05, 4.69) is 47.1 Å². The van der Waals surface area contributed by atoms with E-state index in [4.69, 9.17) is 5.10 Å². The van der Waals surface area contributed by atoms with Crippen molar-refractivity contribution in [3.63, 3.8) is 0 Å². The summed E-state index contributed by atoms with van der Waals surface area (Å²) in [5, 5.41) is 4.79. The number of allylic oxidation sites excluding steroid dienone is 1. The highest BCUT2D eigenvalue weighted by Gasteiger charge is 2.11. The second-order valence-electron chi connectivity index (χ2n) is 6.78. The summed E-state index contributed by atoms with van der Waals surface area (Å²) >= 11 is 3.40. The molecule has 29 heavy (non-hydrogen) atoms. The molecule has 1 heterocycles. The third kappa shape index (κ3) is 4.44. The van der Waals surface area contributed by atoms with Crippen LogP contribution in [0, 0.1) is 6.92 Å². The van der Waals surface area contributed by atoms with Gasteiger partial charge in [0.1, 0.15) is 0 Å². The number of carbonyl (C=O) groups is 1. The molecule has 4 rings (SSSR count). The van der Waals surface area contributed by atoms with Crippen LogP contribution in [0.2, 0.25) is 0 Å². The lowest BCUT2D eigenvalue weighted by atomic mass is 10.0. The maximum absolute atomic E-state index is 12.6. The zero-order valence-corrected chi connectivity index (χ0v) is 17.5. The number of aryl methyl sites for hydroxylation is 1. The minimum atomic E-state index is -0.0418. The average Bonchev–Trinajstić information content (AvgIpc) is 3.18. The summed E-state index contributed by atoms with van der Waals surface area (Å²) in [5.41, 5.74) is 5.56. The van der Waals surface area contributed by atoms with E-state index in [0.29, 0.717) is 5.56 Å². The van der Waals surface area contributed by atoms with Crippen molar-refractivity contribution in [3.8, 4) is 16.9 Å². The zero-order chi connectivity index (χ0) is 20.2. The molecule has 4 aromatic rings. The molecule has 1 aromatic heterocycles. The number of halogens is 1. The number of para-hydroxylation sites is 1. The second-order valence-corrected chi connectivity index (χ2v) is 7.70. The summed E-state index contributed by atoms with van der Waals surface area (Å²) in [5.74, 6) is -0.0418. The molecule has 0 saturated carbocycles. The number of hydrogen-bond acceptors (Lipinski definition) is 2. The fraction of sp³-hybridized carbons (Fsp3) is 0.0400. The molecule has 0 saturated heterocycles. The largest absolute Gasteiger partial charge is 0.289 e. The highest BCUT2D eigenvalue weighted by molar-refractivity contribution is 9.10. The first-order chi connectivity index (χ1) is 14.1. The molecule has 0 aliphatic rings. The first-order valence-corrected chi connectivity index (χ1v) is 10.1. The van der Waals surface area contributed by atoms with Crippen LogP contribution in [0.15, 0.2) is 95.6 Å². The maximum Gasteiger partial charge on any atom is 0.185 e. The van der Waals surface area contributed by atoms with Crippen LogP contribution in [0.25, 0.3) is 23.0 Å². The summed E-state index contributed by atoms with van der Waals surface area (Å²) in [4.78, 5) is 12.6. The van der Waals surface area contributed by atoms with Crippen LogP contribution in [-0.4, -0.2) is 15.6 Å². The van der Waals surface area contributed by atoms with Crippen LogP contribution in [0.5, 0.6) is 0 Å². The number of carbonyl (C=O) groups excluding carboxylic acids is 1. The Bertz CT molecular complexity index is 1160. The van der Waals surface area contributed by atoms with Gasteiger partial charge in [0.15, 0.2) is 5.78 Å². The Morgan fingerprint density at radius 1 is 0.931 bits per heavy atom. The maximum atomic E-state index is 12.6. The summed E-state index contributed by atoms with van der Waals surface area (Å²) in [6, 6.07) is 25.6. The summed E-state index contributed by atoms with van der Waals surface area (Å²) in [6.07, 6.45) is 5.40. The van der Waals surface area contributed by atoms with E-state index in [0.717, 1.165) is 27.0 Å². The van der Waals surface area contributed by atoms with E-state index < -0.39 is 0 Å². The molecule has 0 unspecified atom stereocenters. The Morgan fingerprint density at radius 3 is 2.31 bits per heavy atom. The van der Waals surface area contributed by atoms with E-state index in [9.17, 15) is 4.79 Å². The molecular weight excluding hydrogens is 424 g/mol. The lowest BCUT2D eigenvalue weighted by Gasteiger charge is -2.01. The van der Waals surface area contributed by atoms with Gasteiger partial charge in [-0.05, 0) is 55.5 Å². The van der Waals surface area contributed by atoms with Crippen LogP contribution in [-0.2, 0) is 0 Å². The van der Waals surface area contributed by atoms with E-state index in [1.807, 2.05) is 71.6 Å². The van der Waals surface area contributed by atoms with Crippen molar-refractivity contribution in [2.45, 2.75) is 6.92 Å². The summed E-state index contributed by atoms with van der Waals surface area (Å²) < 4.78 is 2.79. The number of ketones is 1. The first kappa shape index (κ1) is 19.1. The fourth-order valence-electron chi connectivity index (χ4n) is 3.03. The quantitative estimate of drug-likeness (QED) is 0.261. The highest BCUT2D eigenvalue weighted by Crippen LogP contribution is 2.25. The molecule has 0 radical (unpaired) electrons. The van der Waals surface area contributed by atoms with Crippen molar-refractivity contribution in [2.24, 2.45) is 0 Å². The van der Waals surface area contributed by atoms with Gasteiger partial charge < -0.3 is 0 Å². The standard InChI is InChI=1S/C25H19BrN2O/c1-18-7-9-20(10-8-18)25-21(17-28(27-25)23-5-3-2-4-6-23)13-16-24(29)19-11-14-22(26)15-12-19/h2-17H,1H3. The van der Waals surface area contributed by atoms with Crippen LogP contribution >= 0.6 is 15.9 Å². The predicted molar refractivity (Wildman–Crippen MR) is 121 cm³/mol. The molecule has 4 heteroatoms. The van der Waals surface area contributed by atoms with Gasteiger partial charge >= 0.3 is 0 Å². The fourth-order valence-corrected chi connectivity index (χ4v) is 3.30. The van der Waals surface area contributed by atoms with E-state index >= 15 is 0 Å². The number of nitrogens with zero attached hydrogens (tertiary/aromatic N) is 2. The molecule has 3 aromatic carbocycles. The van der Waals surface area contributed by atoms with Crippen LogP contribution in [0.1, 0.15) is 21.5 Å².